The maximum Gasteiger partial charge on any atom is 0.328 e. The van der Waals surface area contributed by atoms with Crippen LogP contribution in [0.5, 0.6) is 0 Å². The Morgan fingerprint density at radius 2 is 2.28 bits per heavy atom. The summed E-state index contributed by atoms with van der Waals surface area (Å²) >= 11 is 6.01. The Morgan fingerprint density at radius 1 is 1.56 bits per heavy atom. The molecule has 6 heteroatoms. The summed E-state index contributed by atoms with van der Waals surface area (Å²) < 4.78 is 0. The van der Waals surface area contributed by atoms with Crippen molar-refractivity contribution in [2.45, 2.75) is 13.0 Å². The number of aliphatic carboxylic acids is 1. The summed E-state index contributed by atoms with van der Waals surface area (Å²) in [7, 11) is 0. The highest BCUT2D eigenvalue weighted by molar-refractivity contribution is 6.31. The van der Waals surface area contributed by atoms with E-state index in [4.69, 9.17) is 16.7 Å². The van der Waals surface area contributed by atoms with Gasteiger partial charge in [-0.25, -0.2) is 4.79 Å². The fourth-order valence-electron chi connectivity index (χ4n) is 1.92. The Balaban J connectivity index is 2.40. The number of halogens is 1. The van der Waals surface area contributed by atoms with Crippen LogP contribution in [0.15, 0.2) is 18.2 Å². The zero-order valence-electron chi connectivity index (χ0n) is 9.81. The van der Waals surface area contributed by atoms with Crippen LogP contribution < -0.4 is 10.2 Å². The minimum atomic E-state index is -1.03. The van der Waals surface area contributed by atoms with Gasteiger partial charge in [0.05, 0.1) is 6.54 Å². The highest BCUT2D eigenvalue weighted by atomic mass is 35.5. The molecule has 0 bridgehead atoms. The average molecular weight is 269 g/mol. The monoisotopic (exact) mass is 268 g/mol. The summed E-state index contributed by atoms with van der Waals surface area (Å²) in [6.45, 7) is 2.21. The van der Waals surface area contributed by atoms with E-state index in [9.17, 15) is 9.59 Å². The maximum atomic E-state index is 11.9. The number of nitrogens with zero attached hydrogens (tertiary/aromatic N) is 1. The summed E-state index contributed by atoms with van der Waals surface area (Å²) in [5.41, 5.74) is 1.40. The Kier molecular flexibility index (Phi) is 3.54. The lowest BCUT2D eigenvalue weighted by molar-refractivity contribution is -0.140. The standard InChI is InChI=1S/C12H13ClN2O3/c1-7-2-3-8(4-9(7)13)15-10(12(17)18)5-14-6-11(15)16/h2-4,10,14H,5-6H2,1H3,(H,17,18). The first-order valence-electron chi connectivity index (χ1n) is 5.52. The van der Waals surface area contributed by atoms with Crippen molar-refractivity contribution in [1.29, 1.82) is 0 Å². The number of hydrogen-bond donors (Lipinski definition) is 2. The number of anilines is 1. The van der Waals surface area contributed by atoms with Crippen molar-refractivity contribution < 1.29 is 14.7 Å². The number of hydrogen-bond acceptors (Lipinski definition) is 3. The fourth-order valence-corrected chi connectivity index (χ4v) is 2.09. The highest BCUT2D eigenvalue weighted by Crippen LogP contribution is 2.25. The van der Waals surface area contributed by atoms with Crippen LogP contribution in [0.3, 0.4) is 0 Å². The molecule has 1 amide bonds. The van der Waals surface area contributed by atoms with Gasteiger partial charge in [-0.05, 0) is 24.6 Å². The van der Waals surface area contributed by atoms with E-state index in [1.807, 2.05) is 6.92 Å². The third-order valence-corrected chi connectivity index (χ3v) is 3.32. The van der Waals surface area contributed by atoms with Crippen molar-refractivity contribution in [2.24, 2.45) is 0 Å². The van der Waals surface area contributed by atoms with Crippen LogP contribution in [0.1, 0.15) is 5.56 Å². The summed E-state index contributed by atoms with van der Waals surface area (Å²) in [5, 5.41) is 12.4. The van der Waals surface area contributed by atoms with E-state index in [0.29, 0.717) is 10.7 Å². The van der Waals surface area contributed by atoms with E-state index in [0.717, 1.165) is 5.56 Å². The molecule has 2 rings (SSSR count). The molecule has 5 nitrogen and oxygen atoms in total. The summed E-state index contributed by atoms with van der Waals surface area (Å²) in [5.74, 6) is -1.30. The van der Waals surface area contributed by atoms with Gasteiger partial charge < -0.3 is 10.4 Å². The number of aryl methyl sites for hydroxylation is 1. The predicted octanol–water partition coefficient (Wildman–Crippen LogP) is 1.04. The number of carboxylic acids is 1. The van der Waals surface area contributed by atoms with Gasteiger partial charge in [0.25, 0.3) is 0 Å². The average Bonchev–Trinajstić information content (AvgIpc) is 2.32. The van der Waals surface area contributed by atoms with E-state index in [2.05, 4.69) is 5.32 Å². The largest absolute Gasteiger partial charge is 0.480 e. The molecule has 96 valence electrons. The van der Waals surface area contributed by atoms with Gasteiger partial charge in [-0.1, -0.05) is 17.7 Å². The molecular formula is C12H13ClN2O3. The molecular weight excluding hydrogens is 256 g/mol. The van der Waals surface area contributed by atoms with Crippen molar-refractivity contribution >= 4 is 29.2 Å². The molecule has 1 aromatic rings. The number of piperazine rings is 1. The molecule has 0 aliphatic carbocycles. The highest BCUT2D eigenvalue weighted by Gasteiger charge is 2.34. The quantitative estimate of drug-likeness (QED) is 0.841. The normalized spacial score (nSPS) is 20.0. The molecule has 1 fully saturated rings. The number of carbonyl (C=O) groups excluding carboxylic acids is 1. The zero-order valence-corrected chi connectivity index (χ0v) is 10.6. The van der Waals surface area contributed by atoms with Crippen LogP contribution in [0.2, 0.25) is 5.02 Å². The van der Waals surface area contributed by atoms with E-state index in [1.165, 1.54) is 4.90 Å². The molecule has 1 unspecified atom stereocenters. The summed E-state index contributed by atoms with van der Waals surface area (Å²) in [6, 6.07) is 4.20. The Morgan fingerprint density at radius 3 is 2.89 bits per heavy atom. The molecule has 1 aromatic carbocycles. The van der Waals surface area contributed by atoms with Crippen molar-refractivity contribution in [3.05, 3.63) is 28.8 Å². The van der Waals surface area contributed by atoms with Gasteiger partial charge in [-0.3, -0.25) is 9.69 Å². The Labute approximate surface area is 109 Å². The third-order valence-electron chi connectivity index (χ3n) is 2.91. The summed E-state index contributed by atoms with van der Waals surface area (Å²) in [6.07, 6.45) is 0. The molecule has 1 heterocycles. The maximum absolute atomic E-state index is 11.9. The number of carboxylic acid groups (broad SMARTS) is 1. The topological polar surface area (TPSA) is 69.6 Å². The zero-order chi connectivity index (χ0) is 13.3. The number of carbonyl (C=O) groups is 2. The first-order chi connectivity index (χ1) is 8.50. The molecule has 0 saturated carbocycles. The molecule has 1 atom stereocenters. The Hall–Kier alpha value is -1.59. The van der Waals surface area contributed by atoms with Crippen molar-refractivity contribution in [3.8, 4) is 0 Å². The Bertz CT molecular complexity index is 504. The molecule has 1 saturated heterocycles. The summed E-state index contributed by atoms with van der Waals surface area (Å²) in [4.78, 5) is 24.3. The lowest BCUT2D eigenvalue weighted by Crippen LogP contribution is -2.58. The first-order valence-corrected chi connectivity index (χ1v) is 5.90. The van der Waals surface area contributed by atoms with Crippen LogP contribution in [0.4, 0.5) is 5.69 Å². The number of amides is 1. The van der Waals surface area contributed by atoms with Gasteiger partial charge >= 0.3 is 5.97 Å². The number of benzene rings is 1. The van der Waals surface area contributed by atoms with Crippen molar-refractivity contribution in [1.82, 2.24) is 5.32 Å². The van der Waals surface area contributed by atoms with Gasteiger partial charge in [0, 0.05) is 17.3 Å². The first kappa shape index (κ1) is 12.9. The minimum absolute atomic E-state index is 0.134. The second kappa shape index (κ2) is 4.96. The van der Waals surface area contributed by atoms with E-state index in [-0.39, 0.29) is 19.0 Å². The van der Waals surface area contributed by atoms with Crippen LogP contribution in [0, 0.1) is 6.92 Å². The molecule has 2 N–H and O–H groups in total. The van der Waals surface area contributed by atoms with Gasteiger partial charge in [0.2, 0.25) is 5.91 Å². The number of rotatable bonds is 2. The molecule has 1 aliphatic rings. The molecule has 1 aliphatic heterocycles. The number of nitrogens with one attached hydrogen (secondary N) is 1. The molecule has 0 aromatic heterocycles. The predicted molar refractivity (Wildman–Crippen MR) is 68.0 cm³/mol. The van der Waals surface area contributed by atoms with Gasteiger partial charge in [0.1, 0.15) is 6.04 Å². The second-order valence-electron chi connectivity index (χ2n) is 4.18. The third kappa shape index (κ3) is 2.32. The van der Waals surface area contributed by atoms with Crippen LogP contribution >= 0.6 is 11.6 Å². The van der Waals surface area contributed by atoms with Crippen molar-refractivity contribution in [2.75, 3.05) is 18.0 Å². The van der Waals surface area contributed by atoms with E-state index >= 15 is 0 Å². The lowest BCUT2D eigenvalue weighted by atomic mass is 10.1. The molecule has 0 radical (unpaired) electrons. The molecule has 0 spiro atoms. The van der Waals surface area contributed by atoms with Gasteiger partial charge in [-0.2, -0.15) is 0 Å². The smallest absolute Gasteiger partial charge is 0.328 e. The SMILES string of the molecule is Cc1ccc(N2C(=O)CNCC2C(=O)O)cc1Cl. The lowest BCUT2D eigenvalue weighted by Gasteiger charge is -2.33. The van der Waals surface area contributed by atoms with Gasteiger partial charge in [-0.15, -0.1) is 0 Å². The van der Waals surface area contributed by atoms with Crippen molar-refractivity contribution in [3.63, 3.8) is 0 Å². The van der Waals surface area contributed by atoms with Crippen LogP contribution in [0.25, 0.3) is 0 Å². The minimum Gasteiger partial charge on any atom is -0.480 e. The van der Waals surface area contributed by atoms with Crippen LogP contribution in [-0.4, -0.2) is 36.1 Å². The van der Waals surface area contributed by atoms with Gasteiger partial charge in [0.15, 0.2) is 0 Å². The molecule has 18 heavy (non-hydrogen) atoms. The van der Waals surface area contributed by atoms with E-state index in [1.54, 1.807) is 18.2 Å². The van der Waals surface area contributed by atoms with Crippen LogP contribution in [-0.2, 0) is 9.59 Å². The van der Waals surface area contributed by atoms with E-state index < -0.39 is 12.0 Å². The fraction of sp³-hybridized carbons (Fsp3) is 0.333. The second-order valence-corrected chi connectivity index (χ2v) is 4.59.